The summed E-state index contributed by atoms with van der Waals surface area (Å²) in [5.74, 6) is 0. The van der Waals surface area contributed by atoms with Crippen molar-refractivity contribution in [2.24, 2.45) is 0 Å². The van der Waals surface area contributed by atoms with E-state index in [0.29, 0.717) is 5.56 Å². The van der Waals surface area contributed by atoms with Crippen molar-refractivity contribution in [3.8, 4) is 11.3 Å². The third-order valence-electron chi connectivity index (χ3n) is 3.19. The summed E-state index contributed by atoms with van der Waals surface area (Å²) in [6, 6.07) is 8.04. The van der Waals surface area contributed by atoms with Gasteiger partial charge in [0.15, 0.2) is 6.29 Å². The summed E-state index contributed by atoms with van der Waals surface area (Å²) in [4.78, 5) is 14.1. The fraction of sp³-hybridized carbons (Fsp3) is 0.133. The van der Waals surface area contributed by atoms with E-state index in [-0.39, 0.29) is 0 Å². The van der Waals surface area contributed by atoms with Crippen molar-refractivity contribution in [2.45, 2.75) is 13.8 Å². The van der Waals surface area contributed by atoms with Crippen molar-refractivity contribution >= 4 is 11.8 Å². The third kappa shape index (κ3) is 1.64. The Bertz CT molecular complexity index is 734. The second-order valence-corrected chi connectivity index (χ2v) is 4.65. The van der Waals surface area contributed by atoms with Crippen LogP contribution >= 0.6 is 0 Å². The number of aryl methyl sites for hydroxylation is 2. The molecule has 3 heterocycles. The maximum atomic E-state index is 10.8. The number of pyridine rings is 1. The van der Waals surface area contributed by atoms with Gasteiger partial charge in [-0.2, -0.15) is 0 Å². The molecule has 1 N–H and O–H groups in total. The number of nitrogens with zero attached hydrogens (tertiary/aromatic N) is 1. The topological polar surface area (TPSA) is 37.3 Å². The van der Waals surface area contributed by atoms with E-state index in [1.165, 1.54) is 5.56 Å². The van der Waals surface area contributed by atoms with Gasteiger partial charge in [0.05, 0.1) is 5.69 Å². The largest absolute Gasteiger partial charge is 0.358 e. The van der Waals surface area contributed by atoms with Crippen LogP contribution in [0.15, 0.2) is 36.7 Å². The molecule has 0 fully saturated rings. The van der Waals surface area contributed by atoms with E-state index in [2.05, 4.69) is 31.0 Å². The lowest BCUT2D eigenvalue weighted by molar-refractivity contribution is 0.112. The van der Waals surface area contributed by atoms with E-state index in [9.17, 15) is 4.79 Å². The van der Waals surface area contributed by atoms with E-state index >= 15 is 0 Å². The van der Waals surface area contributed by atoms with Gasteiger partial charge in [0.1, 0.15) is 0 Å². The van der Waals surface area contributed by atoms with Gasteiger partial charge < -0.3 is 9.38 Å². The minimum absolute atomic E-state index is 0.684. The van der Waals surface area contributed by atoms with Gasteiger partial charge in [-0.3, -0.25) is 4.79 Å². The average molecular weight is 238 g/mol. The monoisotopic (exact) mass is 238 g/mol. The van der Waals surface area contributed by atoms with Crippen LogP contribution in [0.2, 0.25) is 0 Å². The number of aldehydes is 1. The number of hydrogen-bond donors (Lipinski definition) is 1. The molecule has 0 saturated carbocycles. The maximum absolute atomic E-state index is 10.8. The van der Waals surface area contributed by atoms with Crippen LogP contribution in [-0.2, 0) is 0 Å². The number of aromatic amines is 1. The molecule has 3 aromatic heterocycles. The van der Waals surface area contributed by atoms with Crippen molar-refractivity contribution in [1.29, 1.82) is 0 Å². The van der Waals surface area contributed by atoms with E-state index in [4.69, 9.17) is 0 Å². The number of carbonyl (C=O) groups excluding carboxylic acids is 1. The predicted octanol–water partition coefficient (Wildman–Crippen LogP) is 3.36. The second-order valence-electron chi connectivity index (χ2n) is 4.65. The molecule has 0 amide bonds. The van der Waals surface area contributed by atoms with E-state index in [1.807, 2.05) is 28.9 Å². The van der Waals surface area contributed by atoms with E-state index in [1.54, 1.807) is 0 Å². The quantitative estimate of drug-likeness (QED) is 0.683. The van der Waals surface area contributed by atoms with Crippen molar-refractivity contribution < 1.29 is 4.79 Å². The molecule has 0 aliphatic heterocycles. The van der Waals surface area contributed by atoms with Crippen molar-refractivity contribution in [3.63, 3.8) is 0 Å². The Morgan fingerprint density at radius 2 is 2.00 bits per heavy atom. The lowest BCUT2D eigenvalue weighted by Gasteiger charge is -1.95. The lowest BCUT2D eigenvalue weighted by Crippen LogP contribution is -1.85. The van der Waals surface area contributed by atoms with Gasteiger partial charge in [-0.15, -0.1) is 0 Å². The van der Waals surface area contributed by atoms with Crippen LogP contribution in [0.5, 0.6) is 0 Å². The SMILES string of the molecule is Cc1cc(C)c(-c2cc3ccc(C=O)cn3c2)[nH]1. The van der Waals surface area contributed by atoms with Gasteiger partial charge in [0, 0.05) is 34.7 Å². The van der Waals surface area contributed by atoms with Gasteiger partial charge in [0.2, 0.25) is 0 Å². The molecule has 3 nitrogen and oxygen atoms in total. The normalized spacial score (nSPS) is 11.0. The molecule has 3 heteroatoms. The van der Waals surface area contributed by atoms with E-state index in [0.717, 1.165) is 28.8 Å². The molecule has 3 rings (SSSR count). The minimum Gasteiger partial charge on any atom is -0.358 e. The van der Waals surface area contributed by atoms with Gasteiger partial charge in [-0.25, -0.2) is 0 Å². The number of hydrogen-bond acceptors (Lipinski definition) is 1. The van der Waals surface area contributed by atoms with Gasteiger partial charge >= 0.3 is 0 Å². The molecule has 0 spiro atoms. The fourth-order valence-corrected chi connectivity index (χ4v) is 2.36. The molecule has 0 aromatic carbocycles. The Morgan fingerprint density at radius 1 is 1.17 bits per heavy atom. The van der Waals surface area contributed by atoms with E-state index < -0.39 is 0 Å². The molecule has 0 radical (unpaired) electrons. The number of rotatable bonds is 2. The van der Waals surface area contributed by atoms with Crippen LogP contribution in [0.1, 0.15) is 21.6 Å². The predicted molar refractivity (Wildman–Crippen MR) is 72.0 cm³/mol. The lowest BCUT2D eigenvalue weighted by atomic mass is 10.1. The Hall–Kier alpha value is -2.29. The molecular formula is C15H14N2O. The van der Waals surface area contributed by atoms with Crippen molar-refractivity contribution in [1.82, 2.24) is 9.38 Å². The smallest absolute Gasteiger partial charge is 0.151 e. The number of nitrogens with one attached hydrogen (secondary N) is 1. The highest BCUT2D eigenvalue weighted by Crippen LogP contribution is 2.25. The van der Waals surface area contributed by atoms with Crippen molar-refractivity contribution in [3.05, 3.63) is 53.5 Å². The molecular weight excluding hydrogens is 224 g/mol. The van der Waals surface area contributed by atoms with Gasteiger partial charge in [0.25, 0.3) is 0 Å². The van der Waals surface area contributed by atoms with Crippen LogP contribution < -0.4 is 0 Å². The summed E-state index contributed by atoms with van der Waals surface area (Å²) < 4.78 is 1.98. The van der Waals surface area contributed by atoms with Crippen LogP contribution in [0.4, 0.5) is 0 Å². The van der Waals surface area contributed by atoms with Gasteiger partial charge in [-0.1, -0.05) is 0 Å². The van der Waals surface area contributed by atoms with Crippen LogP contribution in [0, 0.1) is 13.8 Å². The zero-order valence-corrected chi connectivity index (χ0v) is 10.4. The highest BCUT2D eigenvalue weighted by atomic mass is 16.1. The summed E-state index contributed by atoms with van der Waals surface area (Å²) in [6.07, 6.45) is 4.75. The first-order valence-corrected chi connectivity index (χ1v) is 5.91. The molecule has 90 valence electrons. The highest BCUT2D eigenvalue weighted by Gasteiger charge is 2.07. The first-order valence-electron chi connectivity index (χ1n) is 5.91. The Kier molecular flexibility index (Phi) is 2.33. The fourth-order valence-electron chi connectivity index (χ4n) is 2.36. The third-order valence-corrected chi connectivity index (χ3v) is 3.19. The van der Waals surface area contributed by atoms with Crippen LogP contribution in [0.25, 0.3) is 16.8 Å². The van der Waals surface area contributed by atoms with Crippen LogP contribution in [-0.4, -0.2) is 15.7 Å². The number of carbonyl (C=O) groups is 1. The molecule has 18 heavy (non-hydrogen) atoms. The molecule has 0 unspecified atom stereocenters. The standard InChI is InChI=1S/C15H14N2O/c1-10-5-11(2)16-15(10)13-6-14-4-3-12(9-18)7-17(14)8-13/h3-9,16H,1-2H3. The summed E-state index contributed by atoms with van der Waals surface area (Å²) in [7, 11) is 0. The Morgan fingerprint density at radius 3 is 2.67 bits per heavy atom. The summed E-state index contributed by atoms with van der Waals surface area (Å²) in [5, 5.41) is 0. The van der Waals surface area contributed by atoms with Crippen LogP contribution in [0.3, 0.4) is 0 Å². The first-order chi connectivity index (χ1) is 8.67. The summed E-state index contributed by atoms with van der Waals surface area (Å²) in [5.41, 5.74) is 6.45. The number of fused-ring (bicyclic) bond motifs is 1. The molecule has 0 aliphatic rings. The Labute approximate surface area is 105 Å². The molecule has 0 aliphatic carbocycles. The summed E-state index contributed by atoms with van der Waals surface area (Å²) >= 11 is 0. The molecule has 0 atom stereocenters. The first kappa shape index (κ1) is 10.8. The summed E-state index contributed by atoms with van der Waals surface area (Å²) in [6.45, 7) is 4.15. The average Bonchev–Trinajstić information content (AvgIpc) is 2.90. The molecule has 0 saturated heterocycles. The number of H-pyrrole nitrogens is 1. The molecule has 0 bridgehead atoms. The molecule has 3 aromatic rings. The maximum Gasteiger partial charge on any atom is 0.151 e. The minimum atomic E-state index is 0.684. The van der Waals surface area contributed by atoms with Crippen molar-refractivity contribution in [2.75, 3.05) is 0 Å². The zero-order valence-electron chi connectivity index (χ0n) is 10.4. The van der Waals surface area contributed by atoms with Gasteiger partial charge in [-0.05, 0) is 43.7 Å². The second kappa shape index (κ2) is 3.88. The Balaban J connectivity index is 2.18. The highest BCUT2D eigenvalue weighted by molar-refractivity contribution is 5.77. The zero-order chi connectivity index (χ0) is 12.7. The number of aromatic nitrogens is 2.